The molecule has 0 aliphatic heterocycles. The molecule has 1 aromatic carbocycles. The van der Waals surface area contributed by atoms with Crippen molar-refractivity contribution in [3.05, 3.63) is 131 Å². The molecule has 0 N–H and O–H groups in total. The van der Waals surface area contributed by atoms with Gasteiger partial charge in [0.15, 0.2) is 0 Å². The van der Waals surface area contributed by atoms with Crippen LogP contribution in [0.4, 0.5) is 0 Å². The monoisotopic (exact) mass is 319 g/mol. The fourth-order valence-electron chi connectivity index (χ4n) is 0.589. The summed E-state index contributed by atoms with van der Waals surface area (Å²) >= 11 is 0. The Morgan fingerprint density at radius 2 is 0.917 bits per heavy atom. The maximum absolute atomic E-state index is 7.51. The van der Waals surface area contributed by atoms with Crippen LogP contribution in [0.2, 0.25) is 0 Å². The summed E-state index contributed by atoms with van der Waals surface area (Å²) in [6, 6.07) is 11.7. The molecule has 0 fully saturated rings. The van der Waals surface area contributed by atoms with E-state index in [9.17, 15) is 0 Å². The Morgan fingerprint density at radius 1 is 0.625 bits per heavy atom. The molecule has 1 rings (SSSR count). The van der Waals surface area contributed by atoms with Gasteiger partial charge in [-0.25, -0.2) is 0 Å². The van der Waals surface area contributed by atoms with Gasteiger partial charge in [-0.3, -0.25) is 0 Å². The zero-order chi connectivity index (χ0) is 19.5. The highest BCUT2D eigenvalue weighted by atomic mass is 14.2. The lowest BCUT2D eigenvalue weighted by molar-refractivity contribution is 1.54. The maximum atomic E-state index is 7.51. The van der Waals surface area contributed by atoms with Gasteiger partial charge in [-0.1, -0.05) is 125 Å². The molecule has 126 valence electrons. The molecule has 24 heavy (non-hydrogen) atoms. The third-order valence-corrected chi connectivity index (χ3v) is 1.63. The van der Waals surface area contributed by atoms with E-state index in [-0.39, 0.29) is 0 Å². The van der Waals surface area contributed by atoms with Gasteiger partial charge in [0.1, 0.15) is 0 Å². The molecule has 0 aromatic heterocycles. The Balaban J connectivity index is -0.000000110. The molecule has 0 aliphatic carbocycles. The Kier molecular flexibility index (Phi) is 43.9. The lowest BCUT2D eigenvalue weighted by Gasteiger charge is -1.85. The van der Waals surface area contributed by atoms with Crippen molar-refractivity contribution in [3.63, 3.8) is 0 Å². The molecule has 0 bridgehead atoms. The second-order valence-corrected chi connectivity index (χ2v) is 3.36. The fourth-order valence-corrected chi connectivity index (χ4v) is 0.589. The number of hydrogen-bond donors (Lipinski definition) is 0. The third kappa shape index (κ3) is 51.2. The SMILES string of the molecule is C=CC#N.C=CC=C.C=CC=C.C=CC=C.C=Cc1ccccc1. The van der Waals surface area contributed by atoms with E-state index in [1.807, 2.05) is 36.4 Å². The Labute approximate surface area is 149 Å². The minimum absolute atomic E-state index is 1.17. The topological polar surface area (TPSA) is 23.8 Å². The van der Waals surface area contributed by atoms with Crippen molar-refractivity contribution in [2.75, 3.05) is 0 Å². The quantitative estimate of drug-likeness (QED) is 0.429. The minimum atomic E-state index is 1.17. The van der Waals surface area contributed by atoms with Crippen molar-refractivity contribution in [1.82, 2.24) is 0 Å². The first kappa shape index (κ1) is 28.7. The van der Waals surface area contributed by atoms with E-state index >= 15 is 0 Å². The van der Waals surface area contributed by atoms with Crippen molar-refractivity contribution in [3.8, 4) is 6.07 Å². The average Bonchev–Trinajstić information content (AvgIpc) is 2.69. The highest BCUT2D eigenvalue weighted by Gasteiger charge is 1.75. The van der Waals surface area contributed by atoms with Gasteiger partial charge < -0.3 is 0 Å². The van der Waals surface area contributed by atoms with Gasteiger partial charge >= 0.3 is 0 Å². The molecule has 0 saturated heterocycles. The normalized spacial score (nSPS) is 5.96. The summed E-state index contributed by atoms with van der Waals surface area (Å²) in [7, 11) is 0. The second kappa shape index (κ2) is 36.7. The zero-order valence-corrected chi connectivity index (χ0v) is 14.6. The molecule has 0 atom stereocenters. The zero-order valence-electron chi connectivity index (χ0n) is 14.6. The molecule has 0 spiro atoms. The van der Waals surface area contributed by atoms with Gasteiger partial charge in [0.05, 0.1) is 6.07 Å². The summed E-state index contributed by atoms with van der Waals surface area (Å²) < 4.78 is 0. The van der Waals surface area contributed by atoms with E-state index in [0.29, 0.717) is 0 Å². The summed E-state index contributed by atoms with van der Waals surface area (Å²) in [4.78, 5) is 0. The van der Waals surface area contributed by atoms with Gasteiger partial charge in [-0.2, -0.15) is 5.26 Å². The third-order valence-electron chi connectivity index (χ3n) is 1.63. The molecule has 0 amide bonds. The average molecular weight is 319 g/mol. The van der Waals surface area contributed by atoms with Crippen LogP contribution in [0.25, 0.3) is 6.08 Å². The number of benzene rings is 1. The number of allylic oxidation sites excluding steroid dienone is 7. The van der Waals surface area contributed by atoms with Crippen LogP contribution in [0.1, 0.15) is 5.56 Å². The first-order chi connectivity index (χ1) is 11.6. The summed E-state index contributed by atoms with van der Waals surface area (Å²) in [5, 5.41) is 7.51. The van der Waals surface area contributed by atoms with Crippen molar-refractivity contribution in [1.29, 1.82) is 5.26 Å². The van der Waals surface area contributed by atoms with E-state index in [1.165, 1.54) is 11.6 Å². The fraction of sp³-hybridized carbons (Fsp3) is 0. The summed E-state index contributed by atoms with van der Waals surface area (Å²) in [5.41, 5.74) is 1.17. The molecule has 0 aliphatic rings. The molecule has 0 radical (unpaired) electrons. The molecule has 0 saturated carbocycles. The van der Waals surface area contributed by atoms with Crippen LogP contribution < -0.4 is 0 Å². The summed E-state index contributed by atoms with van der Waals surface area (Å²) in [6.45, 7) is 26.9. The van der Waals surface area contributed by atoms with E-state index in [0.717, 1.165) is 0 Å². The lowest BCUT2D eigenvalue weighted by atomic mass is 10.2. The largest absolute Gasteiger partial charge is 0.193 e. The first-order valence-corrected chi connectivity index (χ1v) is 6.98. The number of nitrogens with zero attached hydrogens (tertiary/aromatic N) is 1. The van der Waals surface area contributed by atoms with Gasteiger partial charge in [-0.05, 0) is 5.56 Å². The van der Waals surface area contributed by atoms with Crippen LogP contribution in [0, 0.1) is 11.3 Å². The number of hydrogen-bond acceptors (Lipinski definition) is 1. The van der Waals surface area contributed by atoms with E-state index < -0.39 is 0 Å². The van der Waals surface area contributed by atoms with Crippen LogP contribution >= 0.6 is 0 Å². The Morgan fingerprint density at radius 3 is 1.04 bits per heavy atom. The summed E-state index contributed by atoms with van der Waals surface area (Å²) in [6.07, 6.45) is 12.8. The van der Waals surface area contributed by atoms with Crippen LogP contribution in [0.5, 0.6) is 0 Å². The molecular weight excluding hydrogens is 290 g/mol. The summed E-state index contributed by atoms with van der Waals surface area (Å²) in [5.74, 6) is 0. The van der Waals surface area contributed by atoms with Gasteiger partial charge in [0.2, 0.25) is 0 Å². The Hall–Kier alpha value is -3.37. The second-order valence-electron chi connectivity index (χ2n) is 3.36. The molecule has 0 unspecified atom stereocenters. The highest BCUT2D eigenvalue weighted by molar-refractivity contribution is 5.45. The van der Waals surface area contributed by atoms with E-state index in [4.69, 9.17) is 5.26 Å². The van der Waals surface area contributed by atoms with Crippen molar-refractivity contribution in [2.45, 2.75) is 0 Å². The minimum Gasteiger partial charge on any atom is -0.193 e. The van der Waals surface area contributed by atoms with Crippen LogP contribution in [-0.2, 0) is 0 Å². The molecular formula is C23H29N. The highest BCUT2D eigenvalue weighted by Crippen LogP contribution is 1.97. The predicted molar refractivity (Wildman–Crippen MR) is 114 cm³/mol. The number of nitriles is 1. The Bertz CT molecular complexity index is 452. The smallest absolute Gasteiger partial charge is 0.0905 e. The standard InChI is InChI=1S/C8H8.3C4H6.C3H3N/c1-2-8-6-4-3-5-7-8;3*1-3-4-2;1-2-3-4/h2-7H,1H2;3*3-4H,1-2H2;2H,1H2. The van der Waals surface area contributed by atoms with Crippen molar-refractivity contribution >= 4 is 6.08 Å². The van der Waals surface area contributed by atoms with Crippen molar-refractivity contribution < 1.29 is 0 Å². The molecule has 0 heterocycles. The molecule has 1 nitrogen and oxygen atoms in total. The van der Waals surface area contributed by atoms with Crippen LogP contribution in [0.15, 0.2) is 125 Å². The number of rotatable bonds is 4. The first-order valence-electron chi connectivity index (χ1n) is 6.98. The van der Waals surface area contributed by atoms with Gasteiger partial charge in [-0.15, -0.1) is 0 Å². The van der Waals surface area contributed by atoms with Gasteiger partial charge in [0, 0.05) is 6.08 Å². The van der Waals surface area contributed by atoms with Crippen LogP contribution in [-0.4, -0.2) is 0 Å². The lowest BCUT2D eigenvalue weighted by Crippen LogP contribution is -1.63. The van der Waals surface area contributed by atoms with E-state index in [1.54, 1.807) is 42.5 Å². The predicted octanol–water partition coefficient (Wildman–Crippen LogP) is 7.10. The van der Waals surface area contributed by atoms with Gasteiger partial charge in [0.25, 0.3) is 0 Å². The van der Waals surface area contributed by atoms with Crippen molar-refractivity contribution in [2.24, 2.45) is 0 Å². The molecule has 1 heteroatoms. The van der Waals surface area contributed by atoms with E-state index in [2.05, 4.69) is 52.6 Å². The molecule has 1 aromatic rings. The van der Waals surface area contributed by atoms with Crippen LogP contribution in [0.3, 0.4) is 0 Å². The maximum Gasteiger partial charge on any atom is 0.0905 e.